The van der Waals surface area contributed by atoms with Crippen molar-refractivity contribution in [2.24, 2.45) is 5.73 Å². The molecule has 0 amide bonds. The van der Waals surface area contributed by atoms with E-state index in [1.54, 1.807) is 6.26 Å². The second kappa shape index (κ2) is 5.74. The van der Waals surface area contributed by atoms with Crippen molar-refractivity contribution >= 4 is 5.69 Å². The second-order valence-electron chi connectivity index (χ2n) is 4.41. The summed E-state index contributed by atoms with van der Waals surface area (Å²) < 4.78 is 5.40. The summed E-state index contributed by atoms with van der Waals surface area (Å²) in [6.45, 7) is 6.59. The van der Waals surface area contributed by atoms with Crippen LogP contribution in [-0.2, 0) is 13.1 Å². The fourth-order valence-electron chi connectivity index (χ4n) is 2.08. The Morgan fingerprint density at radius 2 is 2.11 bits per heavy atom. The van der Waals surface area contributed by atoms with Gasteiger partial charge in [0.25, 0.3) is 0 Å². The van der Waals surface area contributed by atoms with Crippen molar-refractivity contribution in [2.75, 3.05) is 11.4 Å². The number of nitrogens with two attached hydrogens (primary N) is 1. The van der Waals surface area contributed by atoms with Crippen LogP contribution in [0.4, 0.5) is 5.69 Å². The molecule has 0 saturated heterocycles. The summed E-state index contributed by atoms with van der Waals surface area (Å²) in [6, 6.07) is 10.3. The maximum Gasteiger partial charge on any atom is 0.123 e. The number of anilines is 1. The highest BCUT2D eigenvalue weighted by Gasteiger charge is 2.08. The Bertz CT molecular complexity index is 491. The van der Waals surface area contributed by atoms with Crippen molar-refractivity contribution in [3.63, 3.8) is 0 Å². The first-order valence-corrected chi connectivity index (χ1v) is 6.31. The minimum atomic E-state index is 0.594. The standard InChI is InChI=1S/C15H20N2O/c1-3-17(11-15-5-4-8-18-15)14-7-6-13(10-16)12(2)9-14/h4-9H,3,10-11,16H2,1-2H3. The van der Waals surface area contributed by atoms with Gasteiger partial charge in [0.2, 0.25) is 0 Å². The van der Waals surface area contributed by atoms with E-state index in [1.165, 1.54) is 16.8 Å². The van der Waals surface area contributed by atoms with E-state index < -0.39 is 0 Å². The van der Waals surface area contributed by atoms with E-state index in [2.05, 4.69) is 36.9 Å². The highest BCUT2D eigenvalue weighted by molar-refractivity contribution is 5.50. The van der Waals surface area contributed by atoms with Crippen molar-refractivity contribution < 1.29 is 4.42 Å². The predicted molar refractivity (Wildman–Crippen MR) is 74.5 cm³/mol. The van der Waals surface area contributed by atoms with Gasteiger partial charge in [-0.1, -0.05) is 6.07 Å². The van der Waals surface area contributed by atoms with Crippen LogP contribution in [0.25, 0.3) is 0 Å². The van der Waals surface area contributed by atoms with Crippen LogP contribution in [0, 0.1) is 6.92 Å². The molecule has 3 heteroatoms. The summed E-state index contributed by atoms with van der Waals surface area (Å²) in [5.74, 6) is 0.984. The van der Waals surface area contributed by atoms with Gasteiger partial charge >= 0.3 is 0 Å². The van der Waals surface area contributed by atoms with Crippen LogP contribution in [0.2, 0.25) is 0 Å². The number of aryl methyl sites for hydroxylation is 1. The molecule has 2 N–H and O–H groups in total. The van der Waals surface area contributed by atoms with E-state index in [-0.39, 0.29) is 0 Å². The molecule has 1 heterocycles. The molecule has 0 radical (unpaired) electrons. The Morgan fingerprint density at radius 3 is 2.67 bits per heavy atom. The summed E-state index contributed by atoms with van der Waals surface area (Å²) in [5.41, 5.74) is 9.35. The molecule has 0 spiro atoms. The lowest BCUT2D eigenvalue weighted by Crippen LogP contribution is -2.21. The SMILES string of the molecule is CCN(Cc1ccco1)c1ccc(CN)c(C)c1. The van der Waals surface area contributed by atoms with Crippen LogP contribution in [0.1, 0.15) is 23.8 Å². The van der Waals surface area contributed by atoms with Crippen LogP contribution in [0.15, 0.2) is 41.0 Å². The fourth-order valence-corrected chi connectivity index (χ4v) is 2.08. The molecule has 18 heavy (non-hydrogen) atoms. The monoisotopic (exact) mass is 244 g/mol. The maximum atomic E-state index is 5.69. The molecule has 0 atom stereocenters. The molecule has 0 aliphatic rings. The van der Waals surface area contributed by atoms with Crippen molar-refractivity contribution in [1.82, 2.24) is 0 Å². The number of nitrogens with zero attached hydrogens (tertiary/aromatic N) is 1. The Kier molecular flexibility index (Phi) is 4.05. The first kappa shape index (κ1) is 12.7. The zero-order chi connectivity index (χ0) is 13.0. The van der Waals surface area contributed by atoms with Crippen LogP contribution >= 0.6 is 0 Å². The highest BCUT2D eigenvalue weighted by Crippen LogP contribution is 2.21. The van der Waals surface area contributed by atoms with Crippen LogP contribution < -0.4 is 10.6 Å². The Labute approximate surface area is 108 Å². The number of benzene rings is 1. The fraction of sp³-hybridized carbons (Fsp3) is 0.333. The number of hydrogen-bond donors (Lipinski definition) is 1. The van der Waals surface area contributed by atoms with Gasteiger partial charge in [-0.25, -0.2) is 0 Å². The first-order valence-electron chi connectivity index (χ1n) is 6.31. The molecule has 96 valence electrons. The van der Waals surface area contributed by atoms with Gasteiger partial charge in [-0.15, -0.1) is 0 Å². The minimum absolute atomic E-state index is 0.594. The Balaban J connectivity index is 2.19. The van der Waals surface area contributed by atoms with E-state index in [0.29, 0.717) is 6.54 Å². The molecule has 0 fully saturated rings. The lowest BCUT2D eigenvalue weighted by atomic mass is 10.1. The molecule has 2 rings (SSSR count). The van der Waals surface area contributed by atoms with Crippen molar-refractivity contribution in [2.45, 2.75) is 26.9 Å². The third-order valence-electron chi connectivity index (χ3n) is 3.22. The number of hydrogen-bond acceptors (Lipinski definition) is 3. The summed E-state index contributed by atoms with van der Waals surface area (Å²) in [6.07, 6.45) is 1.71. The molecule has 1 aromatic heterocycles. The molecular weight excluding hydrogens is 224 g/mol. The van der Waals surface area contributed by atoms with E-state index in [9.17, 15) is 0 Å². The Hall–Kier alpha value is -1.74. The normalized spacial score (nSPS) is 10.6. The van der Waals surface area contributed by atoms with E-state index in [1.807, 2.05) is 12.1 Å². The molecule has 0 aliphatic heterocycles. The van der Waals surface area contributed by atoms with Gasteiger partial charge in [-0.05, 0) is 49.2 Å². The molecule has 0 unspecified atom stereocenters. The Morgan fingerprint density at radius 1 is 1.28 bits per heavy atom. The second-order valence-corrected chi connectivity index (χ2v) is 4.41. The topological polar surface area (TPSA) is 42.4 Å². The third-order valence-corrected chi connectivity index (χ3v) is 3.22. The predicted octanol–water partition coefficient (Wildman–Crippen LogP) is 3.07. The van der Waals surface area contributed by atoms with E-state index in [0.717, 1.165) is 18.8 Å². The highest BCUT2D eigenvalue weighted by atomic mass is 16.3. The van der Waals surface area contributed by atoms with E-state index in [4.69, 9.17) is 10.2 Å². The summed E-state index contributed by atoms with van der Waals surface area (Å²) in [4.78, 5) is 2.28. The third kappa shape index (κ3) is 2.74. The van der Waals surface area contributed by atoms with Gasteiger partial charge < -0.3 is 15.1 Å². The average molecular weight is 244 g/mol. The van der Waals surface area contributed by atoms with Crippen LogP contribution in [0.3, 0.4) is 0 Å². The zero-order valence-electron chi connectivity index (χ0n) is 11.0. The molecule has 0 aliphatic carbocycles. The van der Waals surface area contributed by atoms with Crippen molar-refractivity contribution in [3.8, 4) is 0 Å². The maximum absolute atomic E-state index is 5.69. The summed E-state index contributed by atoms with van der Waals surface area (Å²) >= 11 is 0. The van der Waals surface area contributed by atoms with Crippen molar-refractivity contribution in [1.29, 1.82) is 0 Å². The zero-order valence-corrected chi connectivity index (χ0v) is 11.0. The van der Waals surface area contributed by atoms with Gasteiger partial charge in [0, 0.05) is 18.8 Å². The largest absolute Gasteiger partial charge is 0.467 e. The molecule has 3 nitrogen and oxygen atoms in total. The van der Waals surface area contributed by atoms with Gasteiger partial charge in [0.05, 0.1) is 12.8 Å². The molecule has 0 saturated carbocycles. The van der Waals surface area contributed by atoms with Crippen LogP contribution in [0.5, 0.6) is 0 Å². The van der Waals surface area contributed by atoms with Gasteiger partial charge in [0.1, 0.15) is 5.76 Å². The van der Waals surface area contributed by atoms with Gasteiger partial charge in [0.15, 0.2) is 0 Å². The van der Waals surface area contributed by atoms with Crippen LogP contribution in [-0.4, -0.2) is 6.54 Å². The van der Waals surface area contributed by atoms with E-state index >= 15 is 0 Å². The van der Waals surface area contributed by atoms with Gasteiger partial charge in [-0.2, -0.15) is 0 Å². The van der Waals surface area contributed by atoms with Crippen molar-refractivity contribution in [3.05, 3.63) is 53.5 Å². The smallest absolute Gasteiger partial charge is 0.123 e. The average Bonchev–Trinajstić information content (AvgIpc) is 2.88. The minimum Gasteiger partial charge on any atom is -0.467 e. The lowest BCUT2D eigenvalue weighted by Gasteiger charge is -2.23. The summed E-state index contributed by atoms with van der Waals surface area (Å²) in [7, 11) is 0. The number of rotatable bonds is 5. The molecular formula is C15H20N2O. The first-order chi connectivity index (χ1) is 8.74. The van der Waals surface area contributed by atoms with Gasteiger partial charge in [-0.3, -0.25) is 0 Å². The number of furan rings is 1. The quantitative estimate of drug-likeness (QED) is 0.879. The molecule has 1 aromatic carbocycles. The summed E-state index contributed by atoms with van der Waals surface area (Å²) in [5, 5.41) is 0. The lowest BCUT2D eigenvalue weighted by molar-refractivity contribution is 0.503. The molecule has 0 bridgehead atoms. The molecule has 2 aromatic rings.